The standard InChI is InChI=1S/C8H7Br2NO/c9-4-1-5-7(11)3-12-8(5)6(10)2-4/h1-2,7H,3,11H2/t7-/m0/s1. The van der Waals surface area contributed by atoms with Gasteiger partial charge < -0.3 is 10.5 Å². The maximum atomic E-state index is 5.82. The van der Waals surface area contributed by atoms with Gasteiger partial charge in [0.05, 0.1) is 10.5 Å². The first-order valence-electron chi connectivity index (χ1n) is 3.56. The van der Waals surface area contributed by atoms with E-state index in [1.807, 2.05) is 12.1 Å². The highest BCUT2D eigenvalue weighted by molar-refractivity contribution is 9.11. The van der Waals surface area contributed by atoms with Crippen molar-refractivity contribution in [2.45, 2.75) is 6.04 Å². The van der Waals surface area contributed by atoms with Gasteiger partial charge in [0.2, 0.25) is 0 Å². The Morgan fingerprint density at radius 3 is 2.92 bits per heavy atom. The molecule has 0 amide bonds. The third-order valence-corrected chi connectivity index (χ3v) is 2.89. The summed E-state index contributed by atoms with van der Waals surface area (Å²) >= 11 is 6.82. The molecule has 0 aromatic heterocycles. The van der Waals surface area contributed by atoms with Crippen LogP contribution in [0, 0.1) is 0 Å². The Morgan fingerprint density at radius 2 is 2.17 bits per heavy atom. The highest BCUT2D eigenvalue weighted by atomic mass is 79.9. The summed E-state index contributed by atoms with van der Waals surface area (Å²) in [6, 6.07) is 3.96. The molecule has 64 valence electrons. The molecule has 2 rings (SSSR count). The van der Waals surface area contributed by atoms with E-state index in [9.17, 15) is 0 Å². The molecule has 1 aromatic rings. The van der Waals surface area contributed by atoms with Crippen LogP contribution in [0.1, 0.15) is 11.6 Å². The van der Waals surface area contributed by atoms with Crippen LogP contribution < -0.4 is 10.5 Å². The monoisotopic (exact) mass is 291 g/mol. The van der Waals surface area contributed by atoms with Crippen LogP contribution in [-0.4, -0.2) is 6.61 Å². The summed E-state index contributed by atoms with van der Waals surface area (Å²) in [5.41, 5.74) is 6.88. The molecule has 2 N–H and O–H groups in total. The van der Waals surface area contributed by atoms with Gasteiger partial charge in [0, 0.05) is 10.0 Å². The number of benzene rings is 1. The number of nitrogens with two attached hydrogens (primary N) is 1. The van der Waals surface area contributed by atoms with E-state index in [4.69, 9.17) is 10.5 Å². The van der Waals surface area contributed by atoms with Crippen molar-refractivity contribution in [3.05, 3.63) is 26.6 Å². The minimum atomic E-state index is 0.00815. The van der Waals surface area contributed by atoms with Crippen molar-refractivity contribution in [1.82, 2.24) is 0 Å². The van der Waals surface area contributed by atoms with E-state index >= 15 is 0 Å². The van der Waals surface area contributed by atoms with Crippen molar-refractivity contribution in [3.8, 4) is 5.75 Å². The molecule has 1 heterocycles. The van der Waals surface area contributed by atoms with E-state index in [2.05, 4.69) is 31.9 Å². The zero-order valence-corrected chi connectivity index (χ0v) is 9.35. The molecule has 0 saturated carbocycles. The zero-order chi connectivity index (χ0) is 8.72. The normalized spacial score (nSPS) is 20.4. The van der Waals surface area contributed by atoms with Gasteiger partial charge in [-0.05, 0) is 28.1 Å². The zero-order valence-electron chi connectivity index (χ0n) is 6.18. The van der Waals surface area contributed by atoms with Crippen LogP contribution >= 0.6 is 31.9 Å². The molecule has 1 aliphatic rings. The Kier molecular flexibility index (Phi) is 2.14. The predicted molar refractivity (Wildman–Crippen MR) is 54.3 cm³/mol. The average molecular weight is 293 g/mol. The molecule has 1 aliphatic heterocycles. The number of fused-ring (bicyclic) bond motifs is 1. The van der Waals surface area contributed by atoms with Gasteiger partial charge in [-0.25, -0.2) is 0 Å². The minimum absolute atomic E-state index is 0.00815. The summed E-state index contributed by atoms with van der Waals surface area (Å²) in [5.74, 6) is 0.880. The molecule has 4 heteroatoms. The Bertz CT molecular complexity index is 327. The van der Waals surface area contributed by atoms with Crippen LogP contribution in [0.4, 0.5) is 0 Å². The number of hydrogen-bond acceptors (Lipinski definition) is 2. The lowest BCUT2D eigenvalue weighted by molar-refractivity contribution is 0.331. The van der Waals surface area contributed by atoms with Gasteiger partial charge >= 0.3 is 0 Å². The summed E-state index contributed by atoms with van der Waals surface area (Å²) in [6.45, 7) is 0.574. The second-order valence-corrected chi connectivity index (χ2v) is 4.49. The fraction of sp³-hybridized carbons (Fsp3) is 0.250. The molecule has 0 aliphatic carbocycles. The first-order chi connectivity index (χ1) is 5.68. The molecule has 1 atom stereocenters. The van der Waals surface area contributed by atoms with E-state index < -0.39 is 0 Å². The van der Waals surface area contributed by atoms with Crippen molar-refractivity contribution < 1.29 is 4.74 Å². The Balaban J connectivity index is 2.60. The molecule has 1 aromatic carbocycles. The third-order valence-electron chi connectivity index (χ3n) is 1.84. The molecule has 0 unspecified atom stereocenters. The maximum absolute atomic E-state index is 5.82. The number of hydrogen-bond donors (Lipinski definition) is 1. The summed E-state index contributed by atoms with van der Waals surface area (Å²) in [4.78, 5) is 0. The van der Waals surface area contributed by atoms with Gasteiger partial charge in [0.25, 0.3) is 0 Å². The van der Waals surface area contributed by atoms with Crippen LogP contribution in [0.5, 0.6) is 5.75 Å². The average Bonchev–Trinajstić information content (AvgIpc) is 2.33. The quantitative estimate of drug-likeness (QED) is 0.798. The van der Waals surface area contributed by atoms with Crippen LogP contribution in [0.25, 0.3) is 0 Å². The Hall–Kier alpha value is -0.0600. The van der Waals surface area contributed by atoms with E-state index in [-0.39, 0.29) is 6.04 Å². The SMILES string of the molecule is N[C@H]1COc2c(Br)cc(Br)cc21. The van der Waals surface area contributed by atoms with Crippen LogP contribution in [0.15, 0.2) is 21.1 Å². The number of ether oxygens (including phenoxy) is 1. The first-order valence-corrected chi connectivity index (χ1v) is 5.14. The van der Waals surface area contributed by atoms with Crippen molar-refractivity contribution in [2.24, 2.45) is 5.73 Å². The van der Waals surface area contributed by atoms with E-state index in [1.165, 1.54) is 0 Å². The van der Waals surface area contributed by atoms with Crippen LogP contribution in [0.3, 0.4) is 0 Å². The lowest BCUT2D eigenvalue weighted by Crippen LogP contribution is -2.10. The van der Waals surface area contributed by atoms with Crippen LogP contribution in [0.2, 0.25) is 0 Å². The summed E-state index contributed by atoms with van der Waals surface area (Å²) in [5, 5.41) is 0. The highest BCUT2D eigenvalue weighted by Crippen LogP contribution is 2.39. The first kappa shape index (κ1) is 8.53. The topological polar surface area (TPSA) is 35.2 Å². The van der Waals surface area contributed by atoms with Crippen molar-refractivity contribution in [2.75, 3.05) is 6.61 Å². The molecule has 12 heavy (non-hydrogen) atoms. The van der Waals surface area contributed by atoms with E-state index in [1.54, 1.807) is 0 Å². The van der Waals surface area contributed by atoms with Crippen molar-refractivity contribution in [1.29, 1.82) is 0 Å². The van der Waals surface area contributed by atoms with Crippen molar-refractivity contribution >= 4 is 31.9 Å². The van der Waals surface area contributed by atoms with Crippen LogP contribution in [-0.2, 0) is 0 Å². The third kappa shape index (κ3) is 1.28. The van der Waals surface area contributed by atoms with Crippen molar-refractivity contribution in [3.63, 3.8) is 0 Å². The molecule has 2 nitrogen and oxygen atoms in total. The molecule has 0 radical (unpaired) electrons. The molecular weight excluding hydrogens is 286 g/mol. The van der Waals surface area contributed by atoms with Gasteiger partial charge in [-0.15, -0.1) is 0 Å². The molecule has 0 saturated heterocycles. The number of rotatable bonds is 0. The largest absolute Gasteiger partial charge is 0.490 e. The second kappa shape index (κ2) is 3.01. The maximum Gasteiger partial charge on any atom is 0.138 e. The lowest BCUT2D eigenvalue weighted by Gasteiger charge is -2.03. The molecular formula is C8H7Br2NO. The fourth-order valence-corrected chi connectivity index (χ4v) is 2.64. The lowest BCUT2D eigenvalue weighted by atomic mass is 10.1. The Morgan fingerprint density at radius 1 is 1.42 bits per heavy atom. The van der Waals surface area contributed by atoms with Gasteiger partial charge in [0.1, 0.15) is 12.4 Å². The summed E-state index contributed by atoms with van der Waals surface area (Å²) < 4.78 is 7.38. The highest BCUT2D eigenvalue weighted by Gasteiger charge is 2.23. The summed E-state index contributed by atoms with van der Waals surface area (Å²) in [6.07, 6.45) is 0. The second-order valence-electron chi connectivity index (χ2n) is 2.72. The predicted octanol–water partition coefficient (Wildman–Crippen LogP) is 2.60. The molecule has 0 fully saturated rings. The van der Waals surface area contributed by atoms with Gasteiger partial charge in [-0.1, -0.05) is 15.9 Å². The number of halogens is 2. The van der Waals surface area contributed by atoms with E-state index in [0.29, 0.717) is 6.61 Å². The fourth-order valence-electron chi connectivity index (χ4n) is 1.27. The van der Waals surface area contributed by atoms with Gasteiger partial charge in [-0.2, -0.15) is 0 Å². The smallest absolute Gasteiger partial charge is 0.138 e. The molecule has 0 bridgehead atoms. The van der Waals surface area contributed by atoms with Gasteiger partial charge in [0.15, 0.2) is 0 Å². The Labute approximate surface area is 87.3 Å². The minimum Gasteiger partial charge on any atom is -0.490 e. The summed E-state index contributed by atoms with van der Waals surface area (Å²) in [7, 11) is 0. The molecule has 0 spiro atoms. The van der Waals surface area contributed by atoms with E-state index in [0.717, 1.165) is 20.3 Å². The van der Waals surface area contributed by atoms with Gasteiger partial charge in [-0.3, -0.25) is 0 Å².